The third kappa shape index (κ3) is 4.90. The number of hydrogen-bond donors (Lipinski definition) is 3. The largest absolute Gasteiger partial charge is 0.488 e. The first-order valence-corrected chi connectivity index (χ1v) is 10.6. The second kappa shape index (κ2) is 9.31. The molecule has 1 fully saturated rings. The molecule has 1 aliphatic carbocycles. The lowest BCUT2D eigenvalue weighted by molar-refractivity contribution is 0.206. The summed E-state index contributed by atoms with van der Waals surface area (Å²) in [6, 6.07) is 8.24. The SMILES string of the molecule is CS.Cc1cc(N)cc2ncnc(Nc3ccc(F)cc3OC3CCC(C)C3)c12. The molecule has 1 saturated carbocycles. The molecule has 3 aromatic rings. The molecule has 0 bridgehead atoms. The molecule has 2 atom stereocenters. The molecule has 2 unspecified atom stereocenters. The Morgan fingerprint density at radius 1 is 1.17 bits per heavy atom. The van der Waals surface area contributed by atoms with Crippen LogP contribution in [0.25, 0.3) is 10.9 Å². The van der Waals surface area contributed by atoms with Gasteiger partial charge in [0.15, 0.2) is 0 Å². The number of nitrogens with one attached hydrogen (secondary N) is 1. The van der Waals surface area contributed by atoms with Crippen molar-refractivity contribution in [2.24, 2.45) is 5.92 Å². The normalized spacial score (nSPS) is 18.2. The monoisotopic (exact) mass is 414 g/mol. The van der Waals surface area contributed by atoms with E-state index in [2.05, 4.69) is 34.8 Å². The fraction of sp³-hybridized carbons (Fsp3) is 0.364. The zero-order valence-corrected chi connectivity index (χ0v) is 17.8. The number of benzene rings is 2. The summed E-state index contributed by atoms with van der Waals surface area (Å²) in [5.41, 5.74) is 9.01. The van der Waals surface area contributed by atoms with E-state index in [1.54, 1.807) is 12.3 Å². The van der Waals surface area contributed by atoms with Crippen molar-refractivity contribution in [2.45, 2.75) is 39.2 Å². The van der Waals surface area contributed by atoms with Gasteiger partial charge in [-0.05, 0) is 68.2 Å². The molecule has 0 spiro atoms. The average molecular weight is 415 g/mol. The second-order valence-electron chi connectivity index (χ2n) is 7.38. The second-order valence-corrected chi connectivity index (χ2v) is 7.38. The van der Waals surface area contributed by atoms with Crippen LogP contribution in [0.2, 0.25) is 0 Å². The Morgan fingerprint density at radius 2 is 1.97 bits per heavy atom. The van der Waals surface area contributed by atoms with Gasteiger partial charge in [-0.1, -0.05) is 6.92 Å². The van der Waals surface area contributed by atoms with Crippen molar-refractivity contribution in [1.82, 2.24) is 9.97 Å². The van der Waals surface area contributed by atoms with Gasteiger partial charge in [-0.2, -0.15) is 12.6 Å². The number of hydrogen-bond acceptors (Lipinski definition) is 6. The Morgan fingerprint density at radius 3 is 2.69 bits per heavy atom. The summed E-state index contributed by atoms with van der Waals surface area (Å²) < 4.78 is 20.0. The first-order chi connectivity index (χ1) is 14.0. The Balaban J connectivity index is 0.00000117. The Bertz CT molecular complexity index is 998. The molecule has 3 N–H and O–H groups in total. The molecule has 5 nitrogen and oxygen atoms in total. The maximum atomic E-state index is 13.9. The highest BCUT2D eigenvalue weighted by Crippen LogP contribution is 2.35. The molecule has 29 heavy (non-hydrogen) atoms. The number of aryl methyl sites for hydroxylation is 1. The molecule has 0 aliphatic heterocycles. The molecule has 0 saturated heterocycles. The van der Waals surface area contributed by atoms with E-state index in [-0.39, 0.29) is 11.9 Å². The van der Waals surface area contributed by atoms with Gasteiger partial charge in [0.1, 0.15) is 23.7 Å². The number of nitrogens with two attached hydrogens (primary N) is 1. The molecule has 0 amide bonds. The lowest BCUT2D eigenvalue weighted by Gasteiger charge is -2.18. The van der Waals surface area contributed by atoms with Crippen LogP contribution in [0.3, 0.4) is 0 Å². The van der Waals surface area contributed by atoms with E-state index < -0.39 is 0 Å². The number of anilines is 3. The van der Waals surface area contributed by atoms with Gasteiger partial charge in [-0.3, -0.25) is 0 Å². The maximum absolute atomic E-state index is 13.9. The Hall–Kier alpha value is -2.54. The van der Waals surface area contributed by atoms with Crippen LogP contribution < -0.4 is 15.8 Å². The summed E-state index contributed by atoms with van der Waals surface area (Å²) in [4.78, 5) is 8.70. The third-order valence-corrected chi connectivity index (χ3v) is 5.09. The summed E-state index contributed by atoms with van der Waals surface area (Å²) in [5.74, 6) is 1.47. The van der Waals surface area contributed by atoms with Gasteiger partial charge in [0, 0.05) is 17.1 Å². The number of ether oxygens (including phenoxy) is 1. The highest BCUT2D eigenvalue weighted by Gasteiger charge is 2.24. The van der Waals surface area contributed by atoms with Gasteiger partial charge in [0.05, 0.1) is 17.3 Å². The minimum Gasteiger partial charge on any atom is -0.488 e. The summed E-state index contributed by atoms with van der Waals surface area (Å²) in [5, 5.41) is 4.19. The predicted octanol–water partition coefficient (Wildman–Crippen LogP) is 5.52. The first-order valence-electron chi connectivity index (χ1n) is 9.68. The van der Waals surface area contributed by atoms with Crippen molar-refractivity contribution in [3.63, 3.8) is 0 Å². The predicted molar refractivity (Wildman–Crippen MR) is 121 cm³/mol. The van der Waals surface area contributed by atoms with E-state index in [0.29, 0.717) is 28.9 Å². The first kappa shape index (κ1) is 21.2. The van der Waals surface area contributed by atoms with Crippen LogP contribution in [0.15, 0.2) is 36.7 Å². The molecule has 1 aliphatic rings. The molecule has 0 radical (unpaired) electrons. The van der Waals surface area contributed by atoms with Gasteiger partial charge in [-0.15, -0.1) is 0 Å². The van der Waals surface area contributed by atoms with Gasteiger partial charge < -0.3 is 15.8 Å². The van der Waals surface area contributed by atoms with E-state index in [0.717, 1.165) is 35.7 Å². The molecular formula is C22H27FN4OS. The van der Waals surface area contributed by atoms with Crippen LogP contribution in [-0.4, -0.2) is 22.3 Å². The highest BCUT2D eigenvalue weighted by atomic mass is 32.1. The molecule has 2 aromatic carbocycles. The van der Waals surface area contributed by atoms with Crippen LogP contribution in [0.4, 0.5) is 21.6 Å². The van der Waals surface area contributed by atoms with E-state index >= 15 is 0 Å². The van der Waals surface area contributed by atoms with Crippen LogP contribution in [0.1, 0.15) is 31.7 Å². The molecule has 7 heteroatoms. The quantitative estimate of drug-likeness (QED) is 0.387. The number of fused-ring (bicyclic) bond motifs is 1. The van der Waals surface area contributed by atoms with E-state index in [4.69, 9.17) is 10.5 Å². The zero-order valence-electron chi connectivity index (χ0n) is 16.9. The van der Waals surface area contributed by atoms with Gasteiger partial charge in [0.2, 0.25) is 0 Å². The molecule has 4 rings (SSSR count). The van der Waals surface area contributed by atoms with Crippen molar-refractivity contribution in [1.29, 1.82) is 0 Å². The van der Waals surface area contributed by atoms with Crippen LogP contribution in [0.5, 0.6) is 5.75 Å². The number of nitrogen functional groups attached to an aromatic ring is 1. The van der Waals surface area contributed by atoms with Crippen molar-refractivity contribution in [3.8, 4) is 5.75 Å². The summed E-state index contributed by atoms with van der Waals surface area (Å²) in [7, 11) is 0. The number of thiol groups is 1. The number of aromatic nitrogens is 2. The number of rotatable bonds is 4. The fourth-order valence-electron chi connectivity index (χ4n) is 3.78. The van der Waals surface area contributed by atoms with E-state index in [1.807, 2.05) is 19.1 Å². The fourth-order valence-corrected chi connectivity index (χ4v) is 3.78. The summed E-state index contributed by atoms with van der Waals surface area (Å²) >= 11 is 3.53. The zero-order chi connectivity index (χ0) is 21.0. The maximum Gasteiger partial charge on any atom is 0.146 e. The van der Waals surface area contributed by atoms with Crippen molar-refractivity contribution >= 4 is 40.7 Å². The van der Waals surface area contributed by atoms with Crippen LogP contribution in [0, 0.1) is 18.7 Å². The molecular weight excluding hydrogens is 387 g/mol. The van der Waals surface area contributed by atoms with E-state index in [1.165, 1.54) is 18.5 Å². The average Bonchev–Trinajstić information content (AvgIpc) is 3.10. The smallest absolute Gasteiger partial charge is 0.146 e. The summed E-state index contributed by atoms with van der Waals surface area (Å²) in [6.45, 7) is 4.19. The van der Waals surface area contributed by atoms with Crippen molar-refractivity contribution < 1.29 is 9.13 Å². The van der Waals surface area contributed by atoms with Gasteiger partial charge >= 0.3 is 0 Å². The highest BCUT2D eigenvalue weighted by molar-refractivity contribution is 7.79. The van der Waals surface area contributed by atoms with Crippen LogP contribution >= 0.6 is 12.6 Å². The molecule has 154 valence electrons. The Kier molecular flexibility index (Phi) is 6.79. The third-order valence-electron chi connectivity index (χ3n) is 5.09. The topological polar surface area (TPSA) is 73.1 Å². The minimum absolute atomic E-state index is 0.117. The molecule has 1 heterocycles. The minimum atomic E-state index is -0.321. The molecule has 1 aromatic heterocycles. The van der Waals surface area contributed by atoms with E-state index in [9.17, 15) is 4.39 Å². The van der Waals surface area contributed by atoms with Crippen molar-refractivity contribution in [3.05, 3.63) is 48.0 Å². The number of halogens is 1. The van der Waals surface area contributed by atoms with Crippen LogP contribution in [-0.2, 0) is 0 Å². The standard InChI is InChI=1S/C21H23FN4O.CH4S/c1-12-3-5-16(7-12)27-19-9-14(22)4-6-17(19)26-21-20-13(2)8-15(23)10-18(20)24-11-25-21;1-2/h4,6,8-12,16H,3,5,7,23H2,1-2H3,(H,24,25,26);2H,1H3. The Labute approximate surface area is 176 Å². The number of nitrogens with zero attached hydrogens (tertiary/aromatic N) is 2. The van der Waals surface area contributed by atoms with Gasteiger partial charge in [-0.25, -0.2) is 14.4 Å². The van der Waals surface area contributed by atoms with Gasteiger partial charge in [0.25, 0.3) is 0 Å². The lowest BCUT2D eigenvalue weighted by atomic mass is 10.1. The lowest BCUT2D eigenvalue weighted by Crippen LogP contribution is -2.13. The summed E-state index contributed by atoms with van der Waals surface area (Å²) in [6.07, 6.45) is 6.43. The van der Waals surface area contributed by atoms with Crippen molar-refractivity contribution in [2.75, 3.05) is 17.3 Å².